The third kappa shape index (κ3) is 2.16. The van der Waals surface area contributed by atoms with E-state index in [0.717, 1.165) is 17.3 Å². The third-order valence-corrected chi connectivity index (χ3v) is 3.19. The number of nitrogens with two attached hydrogens (primary N) is 1. The van der Waals surface area contributed by atoms with E-state index in [1.54, 1.807) is 0 Å². The topological polar surface area (TPSA) is 56.7 Å². The van der Waals surface area contributed by atoms with Crippen LogP contribution in [0.3, 0.4) is 0 Å². The van der Waals surface area contributed by atoms with Crippen LogP contribution in [0.2, 0.25) is 0 Å². The monoisotopic (exact) mass is 244 g/mol. The number of nitrogens with zero attached hydrogens (tertiary/aromatic N) is 3. The SMILES string of the molecule is Cc1cccc(-n2nc(C(C)C)nc2CN)c1C. The van der Waals surface area contributed by atoms with E-state index in [1.165, 1.54) is 11.1 Å². The van der Waals surface area contributed by atoms with E-state index in [-0.39, 0.29) is 0 Å². The van der Waals surface area contributed by atoms with Crippen molar-refractivity contribution >= 4 is 0 Å². The lowest BCUT2D eigenvalue weighted by Crippen LogP contribution is -2.09. The molecule has 0 amide bonds. The second kappa shape index (κ2) is 4.90. The predicted molar refractivity (Wildman–Crippen MR) is 72.8 cm³/mol. The number of benzene rings is 1. The van der Waals surface area contributed by atoms with Crippen LogP contribution in [0.15, 0.2) is 18.2 Å². The van der Waals surface area contributed by atoms with Gasteiger partial charge in [0.1, 0.15) is 5.82 Å². The highest BCUT2D eigenvalue weighted by molar-refractivity contribution is 5.44. The fourth-order valence-corrected chi connectivity index (χ4v) is 1.90. The smallest absolute Gasteiger partial charge is 0.153 e. The van der Waals surface area contributed by atoms with Crippen molar-refractivity contribution in [3.05, 3.63) is 41.0 Å². The second-order valence-electron chi connectivity index (χ2n) is 4.88. The predicted octanol–water partition coefficient (Wildman–Crippen LogP) is 2.47. The van der Waals surface area contributed by atoms with E-state index >= 15 is 0 Å². The molecule has 0 atom stereocenters. The fourth-order valence-electron chi connectivity index (χ4n) is 1.90. The normalized spacial score (nSPS) is 11.2. The van der Waals surface area contributed by atoms with Crippen LogP contribution >= 0.6 is 0 Å². The zero-order valence-electron chi connectivity index (χ0n) is 11.4. The molecular weight excluding hydrogens is 224 g/mol. The summed E-state index contributed by atoms with van der Waals surface area (Å²) < 4.78 is 1.87. The summed E-state index contributed by atoms with van der Waals surface area (Å²) in [5.74, 6) is 1.96. The Morgan fingerprint density at radius 2 is 2.00 bits per heavy atom. The summed E-state index contributed by atoms with van der Waals surface area (Å²) in [6.07, 6.45) is 0. The molecule has 0 bridgehead atoms. The van der Waals surface area contributed by atoms with Gasteiger partial charge in [0.25, 0.3) is 0 Å². The number of aromatic nitrogens is 3. The Balaban J connectivity index is 2.59. The summed E-state index contributed by atoms with van der Waals surface area (Å²) in [5.41, 5.74) is 9.29. The number of aryl methyl sites for hydroxylation is 1. The van der Waals surface area contributed by atoms with Crippen molar-refractivity contribution in [2.45, 2.75) is 40.2 Å². The maximum Gasteiger partial charge on any atom is 0.153 e. The number of hydrogen-bond donors (Lipinski definition) is 1. The van der Waals surface area contributed by atoms with Gasteiger partial charge in [-0.25, -0.2) is 9.67 Å². The Morgan fingerprint density at radius 3 is 2.61 bits per heavy atom. The zero-order chi connectivity index (χ0) is 13.3. The number of hydrogen-bond acceptors (Lipinski definition) is 3. The van der Waals surface area contributed by atoms with Crippen LogP contribution in [-0.4, -0.2) is 14.8 Å². The van der Waals surface area contributed by atoms with Gasteiger partial charge in [-0.15, -0.1) is 0 Å². The first-order valence-electron chi connectivity index (χ1n) is 6.27. The first-order chi connectivity index (χ1) is 8.54. The van der Waals surface area contributed by atoms with Crippen molar-refractivity contribution in [3.63, 3.8) is 0 Å². The van der Waals surface area contributed by atoms with Crippen molar-refractivity contribution in [1.29, 1.82) is 0 Å². The van der Waals surface area contributed by atoms with Crippen molar-refractivity contribution in [3.8, 4) is 5.69 Å². The molecule has 0 saturated carbocycles. The molecule has 1 aromatic heterocycles. The molecule has 4 nitrogen and oxygen atoms in total. The van der Waals surface area contributed by atoms with Gasteiger partial charge in [-0.05, 0) is 31.0 Å². The van der Waals surface area contributed by atoms with E-state index in [1.807, 2.05) is 10.7 Å². The van der Waals surface area contributed by atoms with Crippen LogP contribution in [0.25, 0.3) is 5.69 Å². The quantitative estimate of drug-likeness (QED) is 0.902. The standard InChI is InChI=1S/C14H20N4/c1-9(2)14-16-13(8-15)18(17-14)12-7-5-6-10(3)11(12)4/h5-7,9H,8,15H2,1-4H3. The first-order valence-corrected chi connectivity index (χ1v) is 6.27. The molecule has 0 fully saturated rings. The summed E-state index contributed by atoms with van der Waals surface area (Å²) in [6.45, 7) is 8.77. The molecule has 2 aromatic rings. The van der Waals surface area contributed by atoms with Gasteiger partial charge < -0.3 is 5.73 Å². The lowest BCUT2D eigenvalue weighted by atomic mass is 10.1. The highest BCUT2D eigenvalue weighted by atomic mass is 15.4. The molecule has 4 heteroatoms. The molecule has 1 aromatic carbocycles. The van der Waals surface area contributed by atoms with Crippen LogP contribution in [0.5, 0.6) is 0 Å². The van der Waals surface area contributed by atoms with Gasteiger partial charge in [0.05, 0.1) is 12.2 Å². The molecule has 2 N–H and O–H groups in total. The molecule has 0 aliphatic rings. The fraction of sp³-hybridized carbons (Fsp3) is 0.429. The van der Waals surface area contributed by atoms with Crippen molar-refractivity contribution in [1.82, 2.24) is 14.8 Å². The average Bonchev–Trinajstić information content (AvgIpc) is 2.76. The molecule has 0 saturated heterocycles. The summed E-state index contributed by atoms with van der Waals surface area (Å²) in [5, 5.41) is 4.58. The molecule has 0 spiro atoms. The minimum Gasteiger partial charge on any atom is -0.324 e. The summed E-state index contributed by atoms with van der Waals surface area (Å²) in [4.78, 5) is 4.50. The van der Waals surface area contributed by atoms with Gasteiger partial charge in [0.15, 0.2) is 5.82 Å². The third-order valence-electron chi connectivity index (χ3n) is 3.19. The van der Waals surface area contributed by atoms with Crippen molar-refractivity contribution in [2.75, 3.05) is 0 Å². The Morgan fingerprint density at radius 1 is 1.28 bits per heavy atom. The summed E-state index contributed by atoms with van der Waals surface area (Å²) in [7, 11) is 0. The zero-order valence-corrected chi connectivity index (χ0v) is 11.4. The Kier molecular flexibility index (Phi) is 3.48. The summed E-state index contributed by atoms with van der Waals surface area (Å²) in [6, 6.07) is 6.19. The van der Waals surface area contributed by atoms with Gasteiger partial charge in [0, 0.05) is 5.92 Å². The minimum absolute atomic E-state index is 0.307. The van der Waals surface area contributed by atoms with E-state index < -0.39 is 0 Å². The van der Waals surface area contributed by atoms with Crippen molar-refractivity contribution in [2.24, 2.45) is 5.73 Å². The van der Waals surface area contributed by atoms with E-state index in [0.29, 0.717) is 12.5 Å². The summed E-state index contributed by atoms with van der Waals surface area (Å²) >= 11 is 0. The highest BCUT2D eigenvalue weighted by Gasteiger charge is 2.14. The Hall–Kier alpha value is -1.68. The minimum atomic E-state index is 0.307. The molecule has 0 unspecified atom stereocenters. The molecule has 0 aliphatic carbocycles. The van der Waals surface area contributed by atoms with Crippen LogP contribution < -0.4 is 5.73 Å². The second-order valence-corrected chi connectivity index (χ2v) is 4.88. The van der Waals surface area contributed by atoms with Gasteiger partial charge in [0.2, 0.25) is 0 Å². The lowest BCUT2D eigenvalue weighted by molar-refractivity contribution is 0.743. The van der Waals surface area contributed by atoms with E-state index in [4.69, 9.17) is 5.73 Å². The first kappa shape index (κ1) is 12.8. The Bertz CT molecular complexity index is 555. The molecule has 0 radical (unpaired) electrons. The van der Waals surface area contributed by atoms with Crippen LogP contribution in [-0.2, 0) is 6.54 Å². The molecular formula is C14H20N4. The maximum absolute atomic E-state index is 5.77. The molecule has 0 aliphatic heterocycles. The van der Waals surface area contributed by atoms with Gasteiger partial charge in [-0.2, -0.15) is 5.10 Å². The van der Waals surface area contributed by atoms with Crippen LogP contribution in [0.1, 0.15) is 42.5 Å². The Labute approximate surface area is 108 Å². The van der Waals surface area contributed by atoms with Crippen molar-refractivity contribution < 1.29 is 0 Å². The van der Waals surface area contributed by atoms with Gasteiger partial charge in [-0.3, -0.25) is 0 Å². The molecule has 2 rings (SSSR count). The largest absolute Gasteiger partial charge is 0.324 e. The number of rotatable bonds is 3. The highest BCUT2D eigenvalue weighted by Crippen LogP contribution is 2.20. The van der Waals surface area contributed by atoms with Gasteiger partial charge in [-0.1, -0.05) is 26.0 Å². The molecule has 18 heavy (non-hydrogen) atoms. The molecule has 1 heterocycles. The molecule has 96 valence electrons. The average molecular weight is 244 g/mol. The van der Waals surface area contributed by atoms with Crippen LogP contribution in [0.4, 0.5) is 0 Å². The van der Waals surface area contributed by atoms with Crippen LogP contribution in [0, 0.1) is 13.8 Å². The maximum atomic E-state index is 5.77. The van der Waals surface area contributed by atoms with Gasteiger partial charge >= 0.3 is 0 Å². The lowest BCUT2D eigenvalue weighted by Gasteiger charge is -2.10. The van der Waals surface area contributed by atoms with E-state index in [2.05, 4.69) is 49.9 Å². The van der Waals surface area contributed by atoms with E-state index in [9.17, 15) is 0 Å².